The van der Waals surface area contributed by atoms with E-state index in [1.807, 2.05) is 62.5 Å². The van der Waals surface area contributed by atoms with Gasteiger partial charge in [0, 0.05) is 24.2 Å². The molecule has 0 amide bonds. The largest absolute Gasteiger partial charge is 0.481 e. The molecular formula is C22H32N2O3. The van der Waals surface area contributed by atoms with Crippen molar-refractivity contribution in [1.29, 1.82) is 0 Å². The van der Waals surface area contributed by atoms with Gasteiger partial charge in [0.1, 0.15) is 11.2 Å². The number of ether oxygens (including phenoxy) is 1. The highest BCUT2D eigenvalue weighted by Gasteiger charge is 2.36. The van der Waals surface area contributed by atoms with Crippen molar-refractivity contribution in [3.8, 4) is 0 Å². The lowest BCUT2D eigenvalue weighted by Crippen LogP contribution is -2.41. The molecule has 0 spiro atoms. The molecule has 0 fully saturated rings. The minimum absolute atomic E-state index is 0.231. The molecule has 0 bridgehead atoms. The highest BCUT2D eigenvalue weighted by atomic mass is 16.5. The maximum Gasteiger partial charge on any atom is 0.305 e. The Balaban J connectivity index is 0.000000527. The predicted molar refractivity (Wildman–Crippen MR) is 111 cm³/mol. The summed E-state index contributed by atoms with van der Waals surface area (Å²) in [5, 5.41) is 7.99. The topological polar surface area (TPSA) is 98.6 Å². The van der Waals surface area contributed by atoms with Crippen molar-refractivity contribution in [1.82, 2.24) is 0 Å². The first-order valence-corrected chi connectivity index (χ1v) is 9.18. The Morgan fingerprint density at radius 3 is 1.63 bits per heavy atom. The molecule has 0 aromatic carbocycles. The molecule has 27 heavy (non-hydrogen) atoms. The van der Waals surface area contributed by atoms with Gasteiger partial charge in [0.2, 0.25) is 0 Å². The minimum atomic E-state index is -0.741. The summed E-state index contributed by atoms with van der Waals surface area (Å²) in [5.41, 5.74) is 12.3. The fraction of sp³-hybridized carbons (Fsp3) is 0.409. The van der Waals surface area contributed by atoms with Crippen molar-refractivity contribution in [2.75, 3.05) is 0 Å². The van der Waals surface area contributed by atoms with Gasteiger partial charge in [0.25, 0.3) is 0 Å². The third-order valence-corrected chi connectivity index (χ3v) is 4.20. The maximum absolute atomic E-state index is 9.70. The number of rotatable bonds is 5. The van der Waals surface area contributed by atoms with E-state index in [2.05, 4.69) is 12.2 Å². The molecule has 2 atom stereocenters. The first-order chi connectivity index (χ1) is 12.7. The summed E-state index contributed by atoms with van der Waals surface area (Å²) in [6, 6.07) is 0. The fourth-order valence-electron chi connectivity index (χ4n) is 2.69. The highest BCUT2D eigenvalue weighted by Crippen LogP contribution is 2.36. The van der Waals surface area contributed by atoms with Gasteiger partial charge < -0.3 is 21.3 Å². The van der Waals surface area contributed by atoms with Crippen LogP contribution in [-0.2, 0) is 9.53 Å². The maximum atomic E-state index is 9.70. The summed E-state index contributed by atoms with van der Waals surface area (Å²) in [6.07, 6.45) is 21.5. The molecule has 0 aliphatic heterocycles. The zero-order valence-corrected chi connectivity index (χ0v) is 16.7. The van der Waals surface area contributed by atoms with Crippen LogP contribution in [0.3, 0.4) is 0 Å². The standard InChI is InChI=1S/C18H24N2O.C4H8O2/c1-3-9-17(11-5-15(19)6-12-17)21-18(10-4-2)13-7-16(20)8-14-18;1-3(2)4(5)6/h3-11,13H,12,14,19-20H2,1-2H3;3H,1-2H3,(H,5,6). The van der Waals surface area contributed by atoms with Crippen LogP contribution in [0.15, 0.2) is 72.2 Å². The van der Waals surface area contributed by atoms with Crippen LogP contribution in [0.1, 0.15) is 40.5 Å². The summed E-state index contributed by atoms with van der Waals surface area (Å²) < 4.78 is 6.54. The van der Waals surface area contributed by atoms with E-state index in [0.29, 0.717) is 0 Å². The second-order valence-electron chi connectivity index (χ2n) is 6.99. The number of hydrogen-bond donors (Lipinski definition) is 3. The van der Waals surface area contributed by atoms with E-state index in [4.69, 9.17) is 21.3 Å². The van der Waals surface area contributed by atoms with Gasteiger partial charge in [-0.25, -0.2) is 0 Å². The van der Waals surface area contributed by atoms with Crippen LogP contribution in [0, 0.1) is 5.92 Å². The lowest BCUT2D eigenvalue weighted by Gasteiger charge is -2.39. The molecule has 2 aliphatic rings. The van der Waals surface area contributed by atoms with Gasteiger partial charge >= 0.3 is 5.97 Å². The van der Waals surface area contributed by atoms with E-state index < -0.39 is 17.2 Å². The van der Waals surface area contributed by atoms with E-state index in [1.54, 1.807) is 13.8 Å². The first kappa shape index (κ1) is 22.5. The molecule has 2 unspecified atom stereocenters. The second kappa shape index (κ2) is 9.97. The molecule has 0 heterocycles. The van der Waals surface area contributed by atoms with Gasteiger partial charge in [0.05, 0.1) is 5.92 Å². The zero-order valence-electron chi connectivity index (χ0n) is 16.7. The molecule has 5 nitrogen and oxygen atoms in total. The second-order valence-corrected chi connectivity index (χ2v) is 6.99. The van der Waals surface area contributed by atoms with Crippen molar-refractivity contribution in [3.05, 3.63) is 72.2 Å². The molecule has 5 N–H and O–H groups in total. The Morgan fingerprint density at radius 2 is 1.41 bits per heavy atom. The third kappa shape index (κ3) is 6.94. The quantitative estimate of drug-likeness (QED) is 0.634. The molecule has 0 aromatic rings. The van der Waals surface area contributed by atoms with Gasteiger partial charge in [0.15, 0.2) is 0 Å². The first-order valence-electron chi connectivity index (χ1n) is 9.18. The number of nitrogens with two attached hydrogens (primary N) is 2. The number of carboxylic acids is 1. The van der Waals surface area contributed by atoms with Gasteiger partial charge in [-0.3, -0.25) is 4.79 Å². The molecule has 0 saturated heterocycles. The number of hydrogen-bond acceptors (Lipinski definition) is 4. The van der Waals surface area contributed by atoms with Gasteiger partial charge in [-0.1, -0.05) is 50.3 Å². The van der Waals surface area contributed by atoms with Crippen molar-refractivity contribution in [3.63, 3.8) is 0 Å². The molecule has 2 rings (SSSR count). The average molecular weight is 373 g/mol. The molecule has 2 aliphatic carbocycles. The van der Waals surface area contributed by atoms with Crippen LogP contribution in [0.4, 0.5) is 0 Å². The Labute approximate surface area is 162 Å². The number of carboxylic acid groups (broad SMARTS) is 1. The normalized spacial score (nSPS) is 27.4. The van der Waals surface area contributed by atoms with E-state index in [-0.39, 0.29) is 5.92 Å². The van der Waals surface area contributed by atoms with Gasteiger partial charge in [-0.05, 0) is 38.2 Å². The summed E-state index contributed by atoms with van der Waals surface area (Å²) >= 11 is 0. The summed E-state index contributed by atoms with van der Waals surface area (Å²) in [6.45, 7) is 7.28. The fourth-order valence-corrected chi connectivity index (χ4v) is 2.69. The molecule has 0 aromatic heterocycles. The Bertz CT molecular complexity index is 648. The zero-order chi connectivity index (χ0) is 20.5. The van der Waals surface area contributed by atoms with Crippen LogP contribution < -0.4 is 11.5 Å². The SMILES string of the molecule is CC(C)C(=O)O.CC=CC1(OC2(C=CC)C=CC(N)=CC2)C=CC(N)=CC1. The lowest BCUT2D eigenvalue weighted by molar-refractivity contribution is -0.140. The average Bonchev–Trinajstić information content (AvgIpc) is 2.61. The van der Waals surface area contributed by atoms with E-state index >= 15 is 0 Å². The Kier molecular flexibility index (Phi) is 8.32. The van der Waals surface area contributed by atoms with Crippen molar-refractivity contribution in [2.24, 2.45) is 17.4 Å². The molecule has 0 radical (unpaired) electrons. The van der Waals surface area contributed by atoms with Crippen molar-refractivity contribution < 1.29 is 14.6 Å². The number of allylic oxidation sites excluding steroid dienone is 4. The van der Waals surface area contributed by atoms with Gasteiger partial charge in [-0.15, -0.1) is 0 Å². The van der Waals surface area contributed by atoms with Crippen molar-refractivity contribution >= 4 is 5.97 Å². The molecule has 148 valence electrons. The van der Waals surface area contributed by atoms with Crippen LogP contribution >= 0.6 is 0 Å². The van der Waals surface area contributed by atoms with Crippen LogP contribution in [-0.4, -0.2) is 22.3 Å². The van der Waals surface area contributed by atoms with E-state index in [9.17, 15) is 4.79 Å². The number of carbonyl (C=O) groups is 1. The predicted octanol–water partition coefficient (Wildman–Crippen LogP) is 3.96. The summed E-state index contributed by atoms with van der Waals surface area (Å²) in [7, 11) is 0. The van der Waals surface area contributed by atoms with Gasteiger partial charge in [-0.2, -0.15) is 0 Å². The highest BCUT2D eigenvalue weighted by molar-refractivity contribution is 5.68. The van der Waals surface area contributed by atoms with Crippen LogP contribution in [0.5, 0.6) is 0 Å². The monoisotopic (exact) mass is 372 g/mol. The van der Waals surface area contributed by atoms with E-state index in [0.717, 1.165) is 24.2 Å². The van der Waals surface area contributed by atoms with Crippen LogP contribution in [0.2, 0.25) is 0 Å². The van der Waals surface area contributed by atoms with Crippen molar-refractivity contribution in [2.45, 2.75) is 51.7 Å². The molecular weight excluding hydrogens is 340 g/mol. The lowest BCUT2D eigenvalue weighted by atomic mass is 9.88. The third-order valence-electron chi connectivity index (χ3n) is 4.20. The summed E-state index contributed by atoms with van der Waals surface area (Å²) in [5.74, 6) is -0.972. The Hall–Kier alpha value is -2.53. The smallest absolute Gasteiger partial charge is 0.305 e. The van der Waals surface area contributed by atoms with Crippen LogP contribution in [0.25, 0.3) is 0 Å². The number of aliphatic carboxylic acids is 1. The summed E-state index contributed by atoms with van der Waals surface area (Å²) in [4.78, 5) is 9.70. The molecule has 0 saturated carbocycles. The Morgan fingerprint density at radius 1 is 1.04 bits per heavy atom. The minimum Gasteiger partial charge on any atom is -0.481 e. The molecule has 5 heteroatoms. The van der Waals surface area contributed by atoms with E-state index in [1.165, 1.54) is 0 Å².